The van der Waals surface area contributed by atoms with Crippen molar-refractivity contribution < 1.29 is 4.79 Å². The first kappa shape index (κ1) is 12.1. The summed E-state index contributed by atoms with van der Waals surface area (Å²) in [4.78, 5) is 14.4. The van der Waals surface area contributed by atoms with Gasteiger partial charge in [0.05, 0.1) is 0 Å². The SMILES string of the molecule is CN1CCCC1C1(C)CC(=O)CC(C)(C)C1. The van der Waals surface area contributed by atoms with E-state index in [-0.39, 0.29) is 10.8 Å². The molecule has 1 saturated carbocycles. The molecule has 0 amide bonds. The Balaban J connectivity index is 2.20. The van der Waals surface area contributed by atoms with E-state index in [9.17, 15) is 4.79 Å². The van der Waals surface area contributed by atoms with Gasteiger partial charge in [-0.25, -0.2) is 0 Å². The Hall–Kier alpha value is -0.370. The highest BCUT2D eigenvalue weighted by atomic mass is 16.1. The van der Waals surface area contributed by atoms with Gasteiger partial charge in [-0.3, -0.25) is 4.79 Å². The highest BCUT2D eigenvalue weighted by Crippen LogP contribution is 2.49. The average Bonchev–Trinajstić information content (AvgIpc) is 2.46. The minimum absolute atomic E-state index is 0.202. The molecule has 2 heteroatoms. The normalized spacial score (nSPS) is 40.2. The van der Waals surface area contributed by atoms with E-state index in [0.29, 0.717) is 11.8 Å². The lowest BCUT2D eigenvalue weighted by atomic mass is 9.60. The molecule has 0 N–H and O–H groups in total. The maximum Gasteiger partial charge on any atom is 0.134 e. The molecule has 16 heavy (non-hydrogen) atoms. The van der Waals surface area contributed by atoms with Crippen LogP contribution in [0.4, 0.5) is 0 Å². The minimum Gasteiger partial charge on any atom is -0.303 e. The van der Waals surface area contributed by atoms with Crippen molar-refractivity contribution in [2.75, 3.05) is 13.6 Å². The maximum atomic E-state index is 11.9. The average molecular weight is 223 g/mol. The molecule has 1 saturated heterocycles. The van der Waals surface area contributed by atoms with Gasteiger partial charge in [-0.05, 0) is 43.7 Å². The van der Waals surface area contributed by atoms with E-state index in [1.54, 1.807) is 0 Å². The number of Topliss-reactive ketones (excluding diaryl/α,β-unsaturated/α-hetero) is 1. The first-order chi connectivity index (χ1) is 7.32. The van der Waals surface area contributed by atoms with Crippen molar-refractivity contribution in [3.8, 4) is 0 Å². The van der Waals surface area contributed by atoms with Gasteiger partial charge in [0.1, 0.15) is 5.78 Å². The lowest BCUT2D eigenvalue weighted by molar-refractivity contribution is -0.129. The van der Waals surface area contributed by atoms with Crippen molar-refractivity contribution in [3.05, 3.63) is 0 Å². The van der Waals surface area contributed by atoms with Gasteiger partial charge in [-0.15, -0.1) is 0 Å². The number of hydrogen-bond acceptors (Lipinski definition) is 2. The molecule has 0 aromatic carbocycles. The summed E-state index contributed by atoms with van der Waals surface area (Å²) < 4.78 is 0. The van der Waals surface area contributed by atoms with Gasteiger partial charge in [-0.1, -0.05) is 20.8 Å². The molecule has 2 atom stereocenters. The van der Waals surface area contributed by atoms with Crippen molar-refractivity contribution in [1.29, 1.82) is 0 Å². The third-order valence-electron chi connectivity index (χ3n) is 4.48. The predicted molar refractivity (Wildman–Crippen MR) is 66.4 cm³/mol. The van der Waals surface area contributed by atoms with E-state index < -0.39 is 0 Å². The Morgan fingerprint density at radius 1 is 1.25 bits per heavy atom. The Bertz CT molecular complexity index is 297. The number of rotatable bonds is 1. The van der Waals surface area contributed by atoms with E-state index in [0.717, 1.165) is 12.8 Å². The van der Waals surface area contributed by atoms with Crippen LogP contribution in [0.1, 0.15) is 52.9 Å². The van der Waals surface area contributed by atoms with Gasteiger partial charge in [0, 0.05) is 18.9 Å². The van der Waals surface area contributed by atoms with E-state index in [1.165, 1.54) is 25.8 Å². The first-order valence-corrected chi connectivity index (χ1v) is 6.54. The third-order valence-corrected chi connectivity index (χ3v) is 4.48. The van der Waals surface area contributed by atoms with Gasteiger partial charge >= 0.3 is 0 Å². The molecule has 0 radical (unpaired) electrons. The van der Waals surface area contributed by atoms with E-state index in [4.69, 9.17) is 0 Å². The molecule has 0 aromatic heterocycles. The highest BCUT2D eigenvalue weighted by Gasteiger charge is 2.47. The zero-order chi connectivity index (χ0) is 12.0. The fourth-order valence-corrected chi connectivity index (χ4v) is 4.29. The second-order valence-corrected chi connectivity index (χ2v) is 7.03. The topological polar surface area (TPSA) is 20.3 Å². The van der Waals surface area contributed by atoms with Crippen LogP contribution in [0.5, 0.6) is 0 Å². The van der Waals surface area contributed by atoms with Crippen LogP contribution >= 0.6 is 0 Å². The van der Waals surface area contributed by atoms with Crippen molar-refractivity contribution >= 4 is 5.78 Å². The Kier molecular flexibility index (Phi) is 2.90. The lowest BCUT2D eigenvalue weighted by Gasteiger charge is -2.47. The summed E-state index contributed by atoms with van der Waals surface area (Å²) in [5.41, 5.74) is 0.414. The molecule has 0 aromatic rings. The van der Waals surface area contributed by atoms with Crippen molar-refractivity contribution in [2.24, 2.45) is 10.8 Å². The van der Waals surface area contributed by atoms with Crippen LogP contribution in [-0.2, 0) is 4.79 Å². The first-order valence-electron chi connectivity index (χ1n) is 6.54. The summed E-state index contributed by atoms with van der Waals surface area (Å²) in [6.45, 7) is 8.03. The molecule has 0 spiro atoms. The van der Waals surface area contributed by atoms with Crippen LogP contribution in [0.3, 0.4) is 0 Å². The van der Waals surface area contributed by atoms with E-state index >= 15 is 0 Å². The Morgan fingerprint density at radius 3 is 2.44 bits per heavy atom. The number of ketones is 1. The number of carbonyl (C=O) groups is 1. The lowest BCUT2D eigenvalue weighted by Crippen LogP contribution is -2.47. The number of carbonyl (C=O) groups excluding carboxylic acids is 1. The Labute approximate surface area is 99.4 Å². The fourth-order valence-electron chi connectivity index (χ4n) is 4.29. The Morgan fingerprint density at radius 2 is 1.94 bits per heavy atom. The molecular weight excluding hydrogens is 198 g/mol. The summed E-state index contributed by atoms with van der Waals surface area (Å²) in [7, 11) is 2.22. The summed E-state index contributed by atoms with van der Waals surface area (Å²) in [5.74, 6) is 0.471. The summed E-state index contributed by atoms with van der Waals surface area (Å²) in [5, 5.41) is 0. The van der Waals surface area contributed by atoms with Gasteiger partial charge < -0.3 is 4.90 Å². The summed E-state index contributed by atoms with van der Waals surface area (Å²) >= 11 is 0. The molecule has 2 rings (SSSR count). The largest absolute Gasteiger partial charge is 0.303 e. The molecule has 2 nitrogen and oxygen atoms in total. The maximum absolute atomic E-state index is 11.9. The molecule has 2 unspecified atom stereocenters. The molecule has 92 valence electrons. The number of hydrogen-bond donors (Lipinski definition) is 0. The van der Waals surface area contributed by atoms with Crippen LogP contribution in [0.25, 0.3) is 0 Å². The summed E-state index contributed by atoms with van der Waals surface area (Å²) in [6, 6.07) is 0.621. The summed E-state index contributed by atoms with van der Waals surface area (Å²) in [6.07, 6.45) is 5.34. The number of likely N-dealkylation sites (tertiary alicyclic amines) is 1. The molecule has 1 heterocycles. The standard InChI is InChI=1S/C14H25NO/c1-13(2)8-11(16)9-14(3,10-13)12-6-5-7-15(12)4/h12H,5-10H2,1-4H3. The highest BCUT2D eigenvalue weighted by molar-refractivity contribution is 5.80. The minimum atomic E-state index is 0.202. The van der Waals surface area contributed by atoms with Gasteiger partial charge in [0.25, 0.3) is 0 Å². The monoisotopic (exact) mass is 223 g/mol. The molecule has 2 aliphatic rings. The molecule has 1 aliphatic heterocycles. The van der Waals surface area contributed by atoms with Crippen LogP contribution < -0.4 is 0 Å². The van der Waals surface area contributed by atoms with Crippen molar-refractivity contribution in [1.82, 2.24) is 4.90 Å². The van der Waals surface area contributed by atoms with Crippen molar-refractivity contribution in [3.63, 3.8) is 0 Å². The van der Waals surface area contributed by atoms with Gasteiger partial charge in [0.15, 0.2) is 0 Å². The quantitative estimate of drug-likeness (QED) is 0.681. The molecule has 0 bridgehead atoms. The van der Waals surface area contributed by atoms with Crippen LogP contribution in [0, 0.1) is 10.8 Å². The smallest absolute Gasteiger partial charge is 0.134 e. The number of nitrogens with zero attached hydrogens (tertiary/aromatic N) is 1. The fraction of sp³-hybridized carbons (Fsp3) is 0.929. The predicted octanol–water partition coefficient (Wildman–Crippen LogP) is 2.87. The van der Waals surface area contributed by atoms with Gasteiger partial charge in [0.2, 0.25) is 0 Å². The van der Waals surface area contributed by atoms with Gasteiger partial charge in [-0.2, -0.15) is 0 Å². The van der Waals surface area contributed by atoms with Crippen LogP contribution in [0.2, 0.25) is 0 Å². The molecular formula is C14H25NO. The second-order valence-electron chi connectivity index (χ2n) is 7.03. The van der Waals surface area contributed by atoms with Crippen LogP contribution in [-0.4, -0.2) is 30.3 Å². The van der Waals surface area contributed by atoms with Crippen LogP contribution in [0.15, 0.2) is 0 Å². The van der Waals surface area contributed by atoms with Crippen molar-refractivity contribution in [2.45, 2.75) is 58.9 Å². The molecule has 1 aliphatic carbocycles. The van der Waals surface area contributed by atoms with E-state index in [1.807, 2.05) is 0 Å². The molecule has 2 fully saturated rings. The zero-order valence-corrected chi connectivity index (χ0v) is 11.2. The third kappa shape index (κ3) is 2.17. The van der Waals surface area contributed by atoms with E-state index in [2.05, 4.69) is 32.7 Å². The second kappa shape index (κ2) is 3.83. The zero-order valence-electron chi connectivity index (χ0n) is 11.2.